The van der Waals surface area contributed by atoms with Gasteiger partial charge in [0.15, 0.2) is 0 Å². The fourth-order valence-electron chi connectivity index (χ4n) is 2.08. The van der Waals surface area contributed by atoms with Crippen molar-refractivity contribution in [1.29, 1.82) is 0 Å². The van der Waals surface area contributed by atoms with Gasteiger partial charge in [0.2, 0.25) is 5.91 Å². The van der Waals surface area contributed by atoms with E-state index in [0.717, 1.165) is 32.4 Å². The molecule has 0 bridgehead atoms. The molecule has 1 saturated heterocycles. The van der Waals surface area contributed by atoms with Crippen LogP contribution < -0.4 is 5.32 Å². The van der Waals surface area contributed by atoms with Crippen molar-refractivity contribution in [2.45, 2.75) is 26.2 Å². The number of nitrogens with zero attached hydrogens (tertiary/aromatic N) is 1. The summed E-state index contributed by atoms with van der Waals surface area (Å²) in [6.45, 7) is 4.38. The number of piperidine rings is 1. The molecule has 0 aromatic heterocycles. The minimum atomic E-state index is -0.351. The lowest BCUT2D eigenvalue weighted by molar-refractivity contribution is -0.148. The number of amides is 1. The van der Waals surface area contributed by atoms with Crippen LogP contribution >= 0.6 is 0 Å². The highest BCUT2D eigenvalue weighted by Gasteiger charge is 2.26. The van der Waals surface area contributed by atoms with Gasteiger partial charge in [-0.3, -0.25) is 9.59 Å². The fraction of sp³-hybridized carbons (Fsp3) is 0.833. The minimum Gasteiger partial charge on any atom is -0.468 e. The molecule has 1 fully saturated rings. The third kappa shape index (κ3) is 4.34. The Morgan fingerprint density at radius 2 is 2.24 bits per heavy atom. The summed E-state index contributed by atoms with van der Waals surface area (Å²) in [7, 11) is 1.35. The Labute approximate surface area is 102 Å². The lowest BCUT2D eigenvalue weighted by atomic mass is 9.98. The molecule has 0 spiro atoms. The van der Waals surface area contributed by atoms with Crippen molar-refractivity contribution in [1.82, 2.24) is 10.2 Å². The maximum atomic E-state index is 12.2. The van der Waals surface area contributed by atoms with Gasteiger partial charge in [-0.1, -0.05) is 6.92 Å². The van der Waals surface area contributed by atoms with Crippen LogP contribution in [0.1, 0.15) is 26.2 Å². The zero-order chi connectivity index (χ0) is 12.7. The maximum Gasteiger partial charge on any atom is 0.325 e. The Morgan fingerprint density at radius 3 is 2.76 bits per heavy atom. The van der Waals surface area contributed by atoms with Gasteiger partial charge >= 0.3 is 5.97 Å². The molecule has 0 aliphatic carbocycles. The molecule has 1 heterocycles. The topological polar surface area (TPSA) is 58.6 Å². The van der Waals surface area contributed by atoms with Crippen LogP contribution in [0.25, 0.3) is 0 Å². The molecule has 1 atom stereocenters. The van der Waals surface area contributed by atoms with Gasteiger partial charge in [-0.15, -0.1) is 0 Å². The maximum absolute atomic E-state index is 12.2. The number of methoxy groups -OCH3 is 1. The molecule has 1 aliphatic heterocycles. The molecule has 1 rings (SSSR count). The van der Waals surface area contributed by atoms with Crippen molar-refractivity contribution in [3.63, 3.8) is 0 Å². The van der Waals surface area contributed by atoms with E-state index in [2.05, 4.69) is 10.1 Å². The number of carbonyl (C=O) groups is 2. The van der Waals surface area contributed by atoms with E-state index < -0.39 is 0 Å². The summed E-state index contributed by atoms with van der Waals surface area (Å²) in [5.74, 6) is -0.264. The van der Waals surface area contributed by atoms with E-state index in [1.54, 1.807) is 4.90 Å². The SMILES string of the molecule is CCCN(CC(=O)OC)C(=O)C1CCCNC1. The number of ether oxygens (including phenoxy) is 1. The highest BCUT2D eigenvalue weighted by molar-refractivity contribution is 5.83. The molecular formula is C12H22N2O3. The Kier molecular flexibility index (Phi) is 5.97. The first kappa shape index (κ1) is 14.0. The number of nitrogens with one attached hydrogen (secondary N) is 1. The Balaban J connectivity index is 2.55. The van der Waals surface area contributed by atoms with Crippen LogP contribution in [0.15, 0.2) is 0 Å². The second-order valence-corrected chi connectivity index (χ2v) is 4.38. The van der Waals surface area contributed by atoms with Gasteiger partial charge in [0.05, 0.1) is 13.0 Å². The normalized spacial score (nSPS) is 19.8. The monoisotopic (exact) mass is 242 g/mol. The van der Waals surface area contributed by atoms with Crippen molar-refractivity contribution in [2.75, 3.05) is 33.3 Å². The predicted octanol–water partition coefficient (Wildman–Crippen LogP) is 0.398. The Bertz CT molecular complexity index is 262. The number of esters is 1. The van der Waals surface area contributed by atoms with Crippen LogP contribution in [0.3, 0.4) is 0 Å². The summed E-state index contributed by atoms with van der Waals surface area (Å²) in [5, 5.41) is 3.22. The number of hydrogen-bond acceptors (Lipinski definition) is 4. The molecule has 0 aromatic carbocycles. The third-order valence-corrected chi connectivity index (χ3v) is 3.00. The molecule has 1 amide bonds. The number of hydrogen-bond donors (Lipinski definition) is 1. The van der Waals surface area contributed by atoms with E-state index in [-0.39, 0.29) is 24.3 Å². The molecule has 0 saturated carbocycles. The molecule has 1 aliphatic rings. The summed E-state index contributed by atoms with van der Waals surface area (Å²) in [5.41, 5.74) is 0. The van der Waals surface area contributed by atoms with Crippen LogP contribution in [-0.4, -0.2) is 50.1 Å². The van der Waals surface area contributed by atoms with Gasteiger partial charge in [0.1, 0.15) is 6.54 Å². The van der Waals surface area contributed by atoms with E-state index in [9.17, 15) is 9.59 Å². The second-order valence-electron chi connectivity index (χ2n) is 4.38. The first-order chi connectivity index (χ1) is 8.19. The highest BCUT2D eigenvalue weighted by Crippen LogP contribution is 2.13. The van der Waals surface area contributed by atoms with Crippen LogP contribution in [0.4, 0.5) is 0 Å². The van der Waals surface area contributed by atoms with Crippen molar-refractivity contribution in [3.05, 3.63) is 0 Å². The average Bonchev–Trinajstić information content (AvgIpc) is 2.38. The zero-order valence-electron chi connectivity index (χ0n) is 10.7. The van der Waals surface area contributed by atoms with E-state index in [1.807, 2.05) is 6.92 Å². The van der Waals surface area contributed by atoms with E-state index >= 15 is 0 Å². The van der Waals surface area contributed by atoms with Gasteiger partial charge in [-0.25, -0.2) is 0 Å². The van der Waals surface area contributed by atoms with Crippen molar-refractivity contribution in [3.8, 4) is 0 Å². The van der Waals surface area contributed by atoms with E-state index in [1.165, 1.54) is 7.11 Å². The minimum absolute atomic E-state index is 0.0138. The van der Waals surface area contributed by atoms with Gasteiger partial charge in [-0.2, -0.15) is 0 Å². The molecule has 1 N–H and O–H groups in total. The number of carbonyl (C=O) groups excluding carboxylic acids is 2. The van der Waals surface area contributed by atoms with Gasteiger partial charge in [0, 0.05) is 13.1 Å². The molecule has 0 aromatic rings. The fourth-order valence-corrected chi connectivity index (χ4v) is 2.08. The molecule has 98 valence electrons. The summed E-state index contributed by atoms with van der Waals surface area (Å²) >= 11 is 0. The van der Waals surface area contributed by atoms with Gasteiger partial charge in [0.25, 0.3) is 0 Å². The van der Waals surface area contributed by atoms with Crippen LogP contribution in [-0.2, 0) is 14.3 Å². The third-order valence-electron chi connectivity index (χ3n) is 3.00. The zero-order valence-corrected chi connectivity index (χ0v) is 10.7. The molecular weight excluding hydrogens is 220 g/mol. The molecule has 5 heteroatoms. The standard InChI is InChI=1S/C12H22N2O3/c1-3-7-14(9-11(15)17-2)12(16)10-5-4-6-13-8-10/h10,13H,3-9H2,1-2H3. The Hall–Kier alpha value is -1.10. The van der Waals surface area contributed by atoms with Crippen LogP contribution in [0, 0.1) is 5.92 Å². The lowest BCUT2D eigenvalue weighted by Crippen LogP contribution is -2.45. The molecule has 0 radical (unpaired) electrons. The summed E-state index contributed by atoms with van der Waals surface area (Å²) in [6.07, 6.45) is 2.78. The Morgan fingerprint density at radius 1 is 1.47 bits per heavy atom. The van der Waals surface area contributed by atoms with Crippen LogP contribution in [0.2, 0.25) is 0 Å². The molecule has 17 heavy (non-hydrogen) atoms. The van der Waals surface area contributed by atoms with Gasteiger partial charge < -0.3 is 15.0 Å². The predicted molar refractivity (Wildman–Crippen MR) is 64.5 cm³/mol. The van der Waals surface area contributed by atoms with E-state index in [4.69, 9.17) is 0 Å². The summed E-state index contributed by atoms with van der Waals surface area (Å²) < 4.78 is 4.62. The highest BCUT2D eigenvalue weighted by atomic mass is 16.5. The largest absolute Gasteiger partial charge is 0.468 e. The smallest absolute Gasteiger partial charge is 0.325 e. The summed E-state index contributed by atoms with van der Waals surface area (Å²) in [6, 6.07) is 0. The van der Waals surface area contributed by atoms with Crippen molar-refractivity contribution in [2.24, 2.45) is 5.92 Å². The van der Waals surface area contributed by atoms with E-state index in [0.29, 0.717) is 6.54 Å². The first-order valence-corrected chi connectivity index (χ1v) is 6.25. The summed E-state index contributed by atoms with van der Waals surface area (Å²) in [4.78, 5) is 25.1. The quantitative estimate of drug-likeness (QED) is 0.709. The first-order valence-electron chi connectivity index (χ1n) is 6.25. The average molecular weight is 242 g/mol. The van der Waals surface area contributed by atoms with Gasteiger partial charge in [-0.05, 0) is 25.8 Å². The number of rotatable bonds is 5. The molecule has 5 nitrogen and oxygen atoms in total. The molecule has 1 unspecified atom stereocenters. The van der Waals surface area contributed by atoms with Crippen molar-refractivity contribution >= 4 is 11.9 Å². The van der Waals surface area contributed by atoms with Crippen molar-refractivity contribution < 1.29 is 14.3 Å². The lowest BCUT2D eigenvalue weighted by Gasteiger charge is -2.28. The second kappa shape index (κ2) is 7.27. The van der Waals surface area contributed by atoms with Crippen LogP contribution in [0.5, 0.6) is 0 Å².